The maximum absolute atomic E-state index is 6.08. The van der Waals surface area contributed by atoms with Crippen LogP contribution in [0.5, 0.6) is 0 Å². The van der Waals surface area contributed by atoms with Gasteiger partial charge in [-0.15, -0.1) is 23.7 Å². The van der Waals surface area contributed by atoms with Crippen LogP contribution in [-0.4, -0.2) is 0 Å². The third-order valence-electron chi connectivity index (χ3n) is 2.08. The highest BCUT2D eigenvalue weighted by atomic mass is 35.5. The van der Waals surface area contributed by atoms with Gasteiger partial charge in [0.05, 0.1) is 6.04 Å². The molecule has 1 aromatic carbocycles. The molecule has 2 N–H and O–H groups in total. The predicted molar refractivity (Wildman–Crippen MR) is 69.0 cm³/mol. The van der Waals surface area contributed by atoms with Gasteiger partial charge in [-0.2, -0.15) is 0 Å². The van der Waals surface area contributed by atoms with Gasteiger partial charge in [-0.3, -0.25) is 0 Å². The van der Waals surface area contributed by atoms with Crippen molar-refractivity contribution >= 4 is 35.3 Å². The fourth-order valence-corrected chi connectivity index (χ4v) is 2.18. The van der Waals surface area contributed by atoms with Crippen LogP contribution in [0.1, 0.15) is 16.5 Å². The highest BCUT2D eigenvalue weighted by molar-refractivity contribution is 7.10. The number of rotatable bonds is 2. The van der Waals surface area contributed by atoms with Gasteiger partial charge in [-0.1, -0.05) is 29.8 Å². The molecule has 0 radical (unpaired) electrons. The van der Waals surface area contributed by atoms with Crippen LogP contribution in [0.4, 0.5) is 0 Å². The van der Waals surface area contributed by atoms with E-state index in [0.29, 0.717) is 0 Å². The lowest BCUT2D eigenvalue weighted by molar-refractivity contribution is 0.894. The van der Waals surface area contributed by atoms with E-state index >= 15 is 0 Å². The van der Waals surface area contributed by atoms with Crippen LogP contribution in [0.3, 0.4) is 0 Å². The Labute approximate surface area is 104 Å². The Morgan fingerprint density at radius 3 is 2.33 bits per heavy atom. The molecule has 0 aliphatic rings. The third kappa shape index (κ3) is 2.95. The van der Waals surface area contributed by atoms with E-state index in [2.05, 4.69) is 0 Å². The highest BCUT2D eigenvalue weighted by Crippen LogP contribution is 2.24. The van der Waals surface area contributed by atoms with Crippen molar-refractivity contribution in [3.05, 3.63) is 57.2 Å². The van der Waals surface area contributed by atoms with Crippen LogP contribution in [0, 0.1) is 0 Å². The van der Waals surface area contributed by atoms with E-state index in [1.54, 1.807) is 11.3 Å². The summed E-state index contributed by atoms with van der Waals surface area (Å²) in [7, 11) is 0. The molecule has 1 heterocycles. The molecule has 15 heavy (non-hydrogen) atoms. The molecule has 80 valence electrons. The van der Waals surface area contributed by atoms with Crippen LogP contribution >= 0.6 is 35.3 Å². The van der Waals surface area contributed by atoms with Gasteiger partial charge in [0.1, 0.15) is 0 Å². The summed E-state index contributed by atoms with van der Waals surface area (Å²) in [6.45, 7) is 0. The second kappa shape index (κ2) is 5.52. The zero-order valence-electron chi connectivity index (χ0n) is 7.89. The van der Waals surface area contributed by atoms with Crippen LogP contribution in [-0.2, 0) is 0 Å². The van der Waals surface area contributed by atoms with Gasteiger partial charge in [-0.05, 0) is 29.1 Å². The number of hydrogen-bond acceptors (Lipinski definition) is 2. The van der Waals surface area contributed by atoms with E-state index in [1.807, 2.05) is 41.8 Å². The molecule has 0 amide bonds. The van der Waals surface area contributed by atoms with E-state index in [1.165, 1.54) is 4.88 Å². The van der Waals surface area contributed by atoms with E-state index in [0.717, 1.165) is 10.6 Å². The van der Waals surface area contributed by atoms with Crippen LogP contribution in [0.25, 0.3) is 0 Å². The maximum Gasteiger partial charge on any atom is 0.0646 e. The zero-order chi connectivity index (χ0) is 9.97. The fraction of sp³-hybridized carbons (Fsp3) is 0.0909. The van der Waals surface area contributed by atoms with Gasteiger partial charge in [0.2, 0.25) is 0 Å². The maximum atomic E-state index is 6.08. The lowest BCUT2D eigenvalue weighted by Crippen LogP contribution is -2.09. The molecule has 0 aliphatic heterocycles. The van der Waals surface area contributed by atoms with Crippen molar-refractivity contribution in [1.29, 1.82) is 0 Å². The molecule has 0 aliphatic carbocycles. The highest BCUT2D eigenvalue weighted by Gasteiger charge is 2.08. The Hall–Kier alpha value is -0.540. The van der Waals surface area contributed by atoms with Crippen molar-refractivity contribution in [3.8, 4) is 0 Å². The van der Waals surface area contributed by atoms with E-state index < -0.39 is 0 Å². The van der Waals surface area contributed by atoms with Gasteiger partial charge < -0.3 is 5.73 Å². The molecule has 0 saturated carbocycles. The Morgan fingerprint density at radius 1 is 1.13 bits per heavy atom. The summed E-state index contributed by atoms with van der Waals surface area (Å²) in [5.74, 6) is 0. The summed E-state index contributed by atoms with van der Waals surface area (Å²) in [4.78, 5) is 1.17. The lowest BCUT2D eigenvalue weighted by Gasteiger charge is -2.09. The van der Waals surface area contributed by atoms with E-state index in [9.17, 15) is 0 Å². The molecule has 4 heteroatoms. The molecular weight excluding hydrogens is 249 g/mol. The minimum Gasteiger partial charge on any atom is -0.320 e. The Balaban J connectivity index is 0.00000112. The van der Waals surface area contributed by atoms with Crippen molar-refractivity contribution in [2.45, 2.75) is 6.04 Å². The normalized spacial score (nSPS) is 11.9. The topological polar surface area (TPSA) is 26.0 Å². The van der Waals surface area contributed by atoms with Crippen LogP contribution in [0.15, 0.2) is 41.8 Å². The molecule has 0 spiro atoms. The van der Waals surface area contributed by atoms with Crippen molar-refractivity contribution in [2.75, 3.05) is 0 Å². The second-order valence-electron chi connectivity index (χ2n) is 3.04. The average Bonchev–Trinajstić information content (AvgIpc) is 2.71. The minimum atomic E-state index is -0.0349. The molecule has 0 unspecified atom stereocenters. The number of nitrogens with two attached hydrogens (primary N) is 1. The summed E-state index contributed by atoms with van der Waals surface area (Å²) >= 11 is 7.48. The smallest absolute Gasteiger partial charge is 0.0646 e. The van der Waals surface area contributed by atoms with Crippen LogP contribution < -0.4 is 5.73 Å². The molecule has 2 aromatic rings. The molecule has 0 saturated heterocycles. The molecular formula is C11H11Cl2NS. The number of thiophene rings is 1. The lowest BCUT2D eigenvalue weighted by atomic mass is 10.1. The summed E-state index contributed by atoms with van der Waals surface area (Å²) in [5.41, 5.74) is 7.17. The van der Waals surface area contributed by atoms with Crippen molar-refractivity contribution in [2.24, 2.45) is 5.73 Å². The monoisotopic (exact) mass is 259 g/mol. The first-order chi connectivity index (χ1) is 6.77. The van der Waals surface area contributed by atoms with Crippen molar-refractivity contribution < 1.29 is 0 Å². The van der Waals surface area contributed by atoms with Gasteiger partial charge in [-0.25, -0.2) is 0 Å². The average molecular weight is 260 g/mol. The molecule has 0 bridgehead atoms. The van der Waals surface area contributed by atoms with Gasteiger partial charge in [0.15, 0.2) is 0 Å². The molecule has 2 rings (SSSR count). The van der Waals surface area contributed by atoms with Crippen molar-refractivity contribution in [1.82, 2.24) is 0 Å². The Kier molecular flexibility index (Phi) is 4.61. The van der Waals surface area contributed by atoms with Crippen LogP contribution in [0.2, 0.25) is 5.02 Å². The standard InChI is InChI=1S/C11H10ClNS.ClH/c12-9-5-3-8(4-6-9)11(13)10-2-1-7-14-10;/h1-7,11H,13H2;1H/t11-;/m0./s1. The van der Waals surface area contributed by atoms with Gasteiger partial charge in [0, 0.05) is 9.90 Å². The second-order valence-corrected chi connectivity index (χ2v) is 4.46. The van der Waals surface area contributed by atoms with E-state index in [4.69, 9.17) is 17.3 Å². The first kappa shape index (κ1) is 12.5. The minimum absolute atomic E-state index is 0. The molecule has 1 atom stereocenters. The first-order valence-electron chi connectivity index (χ1n) is 4.32. The number of halogens is 2. The SMILES string of the molecule is Cl.N[C@@H](c1ccc(Cl)cc1)c1cccs1. The van der Waals surface area contributed by atoms with Gasteiger partial charge >= 0.3 is 0 Å². The summed E-state index contributed by atoms with van der Waals surface area (Å²) in [5, 5.41) is 2.78. The summed E-state index contributed by atoms with van der Waals surface area (Å²) in [6.07, 6.45) is 0. The van der Waals surface area contributed by atoms with Gasteiger partial charge in [0.25, 0.3) is 0 Å². The molecule has 1 nitrogen and oxygen atoms in total. The predicted octanol–water partition coefficient (Wildman–Crippen LogP) is 3.87. The third-order valence-corrected chi connectivity index (χ3v) is 3.29. The summed E-state index contributed by atoms with van der Waals surface area (Å²) in [6, 6.07) is 11.7. The number of hydrogen-bond donors (Lipinski definition) is 1. The summed E-state index contributed by atoms with van der Waals surface area (Å²) < 4.78 is 0. The molecule has 1 aromatic heterocycles. The van der Waals surface area contributed by atoms with E-state index in [-0.39, 0.29) is 18.4 Å². The zero-order valence-corrected chi connectivity index (χ0v) is 10.3. The Bertz CT molecular complexity index is 397. The quantitative estimate of drug-likeness (QED) is 0.871. The largest absolute Gasteiger partial charge is 0.320 e. The van der Waals surface area contributed by atoms with Crippen molar-refractivity contribution in [3.63, 3.8) is 0 Å². The molecule has 0 fully saturated rings. The first-order valence-corrected chi connectivity index (χ1v) is 5.57. The fourth-order valence-electron chi connectivity index (χ4n) is 1.30. The number of benzene rings is 1. The Morgan fingerprint density at radius 2 is 1.80 bits per heavy atom.